The second-order valence-electron chi connectivity index (χ2n) is 4.78. The van der Waals surface area contributed by atoms with Gasteiger partial charge in [-0.25, -0.2) is 0 Å². The highest BCUT2D eigenvalue weighted by atomic mass is 79.9. The smallest absolute Gasteiger partial charge is 0.255 e. The van der Waals surface area contributed by atoms with Gasteiger partial charge in [0.05, 0.1) is 0 Å². The minimum Gasteiger partial charge on any atom is -0.378 e. The Balaban J connectivity index is 1.94. The van der Waals surface area contributed by atoms with Gasteiger partial charge in [0.2, 0.25) is 0 Å². The normalized spacial score (nSPS) is 12.0. The van der Waals surface area contributed by atoms with Gasteiger partial charge in [-0.1, -0.05) is 34.1 Å². The molecule has 4 nitrogen and oxygen atoms in total. The average Bonchev–Trinajstić information content (AvgIpc) is 2.53. The highest BCUT2D eigenvalue weighted by molar-refractivity contribution is 9.10. The molecule has 5 heteroatoms. The van der Waals surface area contributed by atoms with E-state index >= 15 is 0 Å². The zero-order valence-electron chi connectivity index (χ0n) is 11.7. The first kappa shape index (κ1) is 15.7. The van der Waals surface area contributed by atoms with Crippen LogP contribution in [0.2, 0.25) is 0 Å². The number of amides is 1. The van der Waals surface area contributed by atoms with Crippen LogP contribution in [0.1, 0.15) is 17.4 Å². The number of likely N-dealkylation sites (N-methyl/N-ethyl adjacent to an activating group) is 1. The quantitative estimate of drug-likeness (QED) is 0.903. The van der Waals surface area contributed by atoms with Crippen molar-refractivity contribution in [2.75, 3.05) is 13.6 Å². The minimum atomic E-state index is -1.13. The summed E-state index contributed by atoms with van der Waals surface area (Å²) in [6.07, 6.45) is 1.26. The number of aliphatic hydroxyl groups excluding tert-OH is 1. The molecule has 0 aliphatic carbocycles. The van der Waals surface area contributed by atoms with E-state index in [1.807, 2.05) is 18.2 Å². The molecule has 1 N–H and O–H groups in total. The van der Waals surface area contributed by atoms with Gasteiger partial charge in [0.1, 0.15) is 0 Å². The van der Waals surface area contributed by atoms with Gasteiger partial charge in [0.25, 0.3) is 5.91 Å². The van der Waals surface area contributed by atoms with Crippen LogP contribution in [0.15, 0.2) is 53.1 Å². The van der Waals surface area contributed by atoms with Crippen molar-refractivity contribution in [3.63, 3.8) is 0 Å². The SMILES string of the molecule is CN(CCc1ccccn1)C(=O)[C@@H](O)c1ccc(Br)cc1. The van der Waals surface area contributed by atoms with Crippen LogP contribution in [0.25, 0.3) is 0 Å². The largest absolute Gasteiger partial charge is 0.378 e. The summed E-state index contributed by atoms with van der Waals surface area (Å²) in [6, 6.07) is 12.8. The Kier molecular flexibility index (Phi) is 5.47. The highest BCUT2D eigenvalue weighted by Gasteiger charge is 2.21. The summed E-state index contributed by atoms with van der Waals surface area (Å²) < 4.78 is 0.911. The summed E-state index contributed by atoms with van der Waals surface area (Å²) in [5.41, 5.74) is 1.52. The first-order valence-corrected chi connectivity index (χ1v) is 7.45. The third-order valence-corrected chi connectivity index (χ3v) is 3.75. The summed E-state index contributed by atoms with van der Waals surface area (Å²) in [4.78, 5) is 17.9. The van der Waals surface area contributed by atoms with Gasteiger partial charge in [-0.3, -0.25) is 9.78 Å². The van der Waals surface area contributed by atoms with E-state index in [9.17, 15) is 9.90 Å². The monoisotopic (exact) mass is 348 g/mol. The van der Waals surface area contributed by atoms with Crippen molar-refractivity contribution >= 4 is 21.8 Å². The Hall–Kier alpha value is -1.72. The molecule has 2 rings (SSSR count). The molecule has 0 aliphatic heterocycles. The molecule has 0 fully saturated rings. The molecule has 1 amide bonds. The molecule has 2 aromatic rings. The van der Waals surface area contributed by atoms with Crippen LogP contribution >= 0.6 is 15.9 Å². The number of rotatable bonds is 5. The summed E-state index contributed by atoms with van der Waals surface area (Å²) in [5.74, 6) is -0.312. The zero-order chi connectivity index (χ0) is 15.2. The molecule has 21 heavy (non-hydrogen) atoms. The third-order valence-electron chi connectivity index (χ3n) is 3.23. The zero-order valence-corrected chi connectivity index (χ0v) is 13.3. The Morgan fingerprint density at radius 3 is 2.62 bits per heavy atom. The molecule has 1 aromatic heterocycles. The molecule has 0 saturated heterocycles. The first-order chi connectivity index (χ1) is 10.1. The van der Waals surface area contributed by atoms with Crippen molar-refractivity contribution in [2.24, 2.45) is 0 Å². The lowest BCUT2D eigenvalue weighted by Crippen LogP contribution is -2.33. The molecule has 0 spiro atoms. The molecular formula is C16H17BrN2O2. The molecule has 0 unspecified atom stereocenters. The number of carbonyl (C=O) groups excluding carboxylic acids is 1. The Morgan fingerprint density at radius 1 is 1.29 bits per heavy atom. The van der Waals surface area contributed by atoms with Crippen LogP contribution in [0.4, 0.5) is 0 Å². The summed E-state index contributed by atoms with van der Waals surface area (Å²) in [6.45, 7) is 0.517. The number of aromatic nitrogens is 1. The first-order valence-electron chi connectivity index (χ1n) is 6.66. The van der Waals surface area contributed by atoms with E-state index in [4.69, 9.17) is 0 Å². The van der Waals surface area contributed by atoms with E-state index in [2.05, 4.69) is 20.9 Å². The van der Waals surface area contributed by atoms with Crippen molar-refractivity contribution in [1.82, 2.24) is 9.88 Å². The molecule has 0 aliphatic rings. The van der Waals surface area contributed by atoms with Crippen molar-refractivity contribution in [1.29, 1.82) is 0 Å². The number of pyridine rings is 1. The number of benzene rings is 1. The summed E-state index contributed by atoms with van der Waals surface area (Å²) in [7, 11) is 1.69. The van der Waals surface area contributed by atoms with Gasteiger partial charge < -0.3 is 10.0 Å². The fraction of sp³-hybridized carbons (Fsp3) is 0.250. The molecule has 110 valence electrons. The van der Waals surface area contributed by atoms with Gasteiger partial charge in [0, 0.05) is 36.4 Å². The maximum Gasteiger partial charge on any atom is 0.255 e. The van der Waals surface area contributed by atoms with Crippen molar-refractivity contribution in [3.8, 4) is 0 Å². The standard InChI is InChI=1S/C16H17BrN2O2/c1-19(11-9-14-4-2-3-10-18-14)16(21)15(20)12-5-7-13(17)8-6-12/h2-8,10,15,20H,9,11H2,1H3/t15-/m0/s1. The second-order valence-corrected chi connectivity index (χ2v) is 5.70. The molecule has 1 heterocycles. The number of aliphatic hydroxyl groups is 1. The number of nitrogens with zero attached hydrogens (tertiary/aromatic N) is 2. The topological polar surface area (TPSA) is 53.4 Å². The Bertz CT molecular complexity index is 587. The van der Waals surface area contributed by atoms with Crippen molar-refractivity contribution in [2.45, 2.75) is 12.5 Å². The van der Waals surface area contributed by atoms with Gasteiger partial charge in [-0.05, 0) is 29.8 Å². The lowest BCUT2D eigenvalue weighted by Gasteiger charge is -2.20. The number of hydrogen-bond donors (Lipinski definition) is 1. The molecular weight excluding hydrogens is 332 g/mol. The lowest BCUT2D eigenvalue weighted by atomic mass is 10.1. The van der Waals surface area contributed by atoms with E-state index in [1.165, 1.54) is 4.90 Å². The van der Waals surface area contributed by atoms with Crippen LogP contribution in [0, 0.1) is 0 Å². The van der Waals surface area contributed by atoms with E-state index in [0.29, 0.717) is 18.5 Å². The van der Waals surface area contributed by atoms with Gasteiger partial charge >= 0.3 is 0 Å². The summed E-state index contributed by atoms with van der Waals surface area (Å²) >= 11 is 3.33. The van der Waals surface area contributed by atoms with Crippen molar-refractivity contribution < 1.29 is 9.90 Å². The van der Waals surface area contributed by atoms with E-state index in [0.717, 1.165) is 10.2 Å². The maximum atomic E-state index is 12.2. The highest BCUT2D eigenvalue weighted by Crippen LogP contribution is 2.18. The lowest BCUT2D eigenvalue weighted by molar-refractivity contribution is -0.139. The Morgan fingerprint density at radius 2 is 2.00 bits per heavy atom. The van der Waals surface area contributed by atoms with Crippen LogP contribution in [-0.2, 0) is 11.2 Å². The van der Waals surface area contributed by atoms with E-state index < -0.39 is 6.10 Å². The summed E-state index contributed by atoms with van der Waals surface area (Å²) in [5, 5.41) is 10.1. The van der Waals surface area contributed by atoms with Crippen molar-refractivity contribution in [3.05, 3.63) is 64.4 Å². The maximum absolute atomic E-state index is 12.2. The third kappa shape index (κ3) is 4.37. The molecule has 0 radical (unpaired) electrons. The van der Waals surface area contributed by atoms with Crippen LogP contribution in [-0.4, -0.2) is 34.5 Å². The van der Waals surface area contributed by atoms with Gasteiger partial charge in [0.15, 0.2) is 6.10 Å². The van der Waals surface area contributed by atoms with Gasteiger partial charge in [-0.15, -0.1) is 0 Å². The fourth-order valence-corrected chi connectivity index (χ4v) is 2.20. The number of hydrogen-bond acceptors (Lipinski definition) is 3. The molecule has 0 bridgehead atoms. The number of carbonyl (C=O) groups is 1. The van der Waals surface area contributed by atoms with E-state index in [1.54, 1.807) is 37.5 Å². The molecule has 0 saturated carbocycles. The fourth-order valence-electron chi connectivity index (χ4n) is 1.93. The molecule has 1 atom stereocenters. The predicted molar refractivity (Wildman–Crippen MR) is 84.7 cm³/mol. The van der Waals surface area contributed by atoms with E-state index in [-0.39, 0.29) is 5.91 Å². The second kappa shape index (κ2) is 7.33. The molecule has 1 aromatic carbocycles. The van der Waals surface area contributed by atoms with Crippen LogP contribution < -0.4 is 0 Å². The predicted octanol–water partition coefficient (Wildman–Crippen LogP) is 2.58. The average molecular weight is 349 g/mol. The van der Waals surface area contributed by atoms with Gasteiger partial charge in [-0.2, -0.15) is 0 Å². The Labute approximate surface area is 132 Å². The van der Waals surface area contributed by atoms with Crippen LogP contribution in [0.5, 0.6) is 0 Å². The minimum absolute atomic E-state index is 0.312. The van der Waals surface area contributed by atoms with Crippen LogP contribution in [0.3, 0.4) is 0 Å². The number of halogens is 1.